The molecule has 0 bridgehead atoms. The Labute approximate surface area is 124 Å². The topological polar surface area (TPSA) is 56.7 Å². The maximum absolute atomic E-state index is 10.9. The summed E-state index contributed by atoms with van der Waals surface area (Å²) in [5, 5.41) is 9.30. The first-order valence-electron chi connectivity index (χ1n) is 6.87. The molecule has 1 aromatic rings. The summed E-state index contributed by atoms with van der Waals surface area (Å²) in [6, 6.07) is 1.97. The molecular formula is C14H20ClN3O2. The highest BCUT2D eigenvalue weighted by atomic mass is 35.5. The highest BCUT2D eigenvalue weighted by Gasteiger charge is 2.25. The van der Waals surface area contributed by atoms with Crippen LogP contribution in [0.25, 0.3) is 0 Å². The van der Waals surface area contributed by atoms with E-state index in [1.54, 1.807) is 0 Å². The van der Waals surface area contributed by atoms with E-state index >= 15 is 0 Å². The Bertz CT molecular complexity index is 495. The van der Waals surface area contributed by atoms with Gasteiger partial charge in [0.1, 0.15) is 5.82 Å². The number of likely N-dealkylation sites (tertiary alicyclic amines) is 1. The van der Waals surface area contributed by atoms with Crippen LogP contribution in [0.5, 0.6) is 0 Å². The minimum atomic E-state index is -1.01. The number of carbonyl (C=O) groups is 1. The fraction of sp³-hybridized carbons (Fsp3) is 0.571. The second kappa shape index (κ2) is 6.41. The number of rotatable bonds is 5. The number of likely N-dealkylation sites (N-methyl/N-ethyl adjacent to an activating group) is 2. The molecule has 5 nitrogen and oxygen atoms in total. The number of aromatic carboxylic acids is 1. The molecule has 2 heterocycles. The van der Waals surface area contributed by atoms with Crippen LogP contribution in [0.2, 0.25) is 5.02 Å². The van der Waals surface area contributed by atoms with Crippen LogP contribution in [0.3, 0.4) is 0 Å². The van der Waals surface area contributed by atoms with Gasteiger partial charge in [0.2, 0.25) is 0 Å². The molecule has 0 saturated carbocycles. The standard InChI is InChI=1S/C14H20ClN3O2/c1-3-18-6-4-5-11(18)9-17(2)13-12(15)7-10(8-16-13)14(19)20/h7-8,11H,3-6,9H2,1-2H3,(H,19,20). The highest BCUT2D eigenvalue weighted by molar-refractivity contribution is 6.33. The predicted molar refractivity (Wildman–Crippen MR) is 79.7 cm³/mol. The van der Waals surface area contributed by atoms with Gasteiger partial charge in [0.15, 0.2) is 0 Å². The first kappa shape index (κ1) is 15.1. The lowest BCUT2D eigenvalue weighted by Gasteiger charge is -2.28. The summed E-state index contributed by atoms with van der Waals surface area (Å²) >= 11 is 6.14. The fourth-order valence-corrected chi connectivity index (χ4v) is 3.06. The average molecular weight is 298 g/mol. The molecule has 1 aromatic heterocycles. The quantitative estimate of drug-likeness (QED) is 0.904. The lowest BCUT2D eigenvalue weighted by atomic mass is 10.2. The zero-order chi connectivity index (χ0) is 14.7. The van der Waals surface area contributed by atoms with E-state index in [1.807, 2.05) is 11.9 Å². The second-order valence-electron chi connectivity index (χ2n) is 5.14. The van der Waals surface area contributed by atoms with Crippen molar-refractivity contribution in [3.8, 4) is 0 Å². The lowest BCUT2D eigenvalue weighted by molar-refractivity contribution is 0.0696. The van der Waals surface area contributed by atoms with E-state index in [0.29, 0.717) is 16.9 Å². The Balaban J connectivity index is 2.09. The third-order valence-electron chi connectivity index (χ3n) is 3.82. The average Bonchev–Trinajstić information content (AvgIpc) is 2.85. The van der Waals surface area contributed by atoms with E-state index in [1.165, 1.54) is 25.1 Å². The van der Waals surface area contributed by atoms with E-state index in [2.05, 4.69) is 16.8 Å². The summed E-state index contributed by atoms with van der Waals surface area (Å²) in [4.78, 5) is 19.5. The summed E-state index contributed by atoms with van der Waals surface area (Å²) in [5.74, 6) is -0.374. The van der Waals surface area contributed by atoms with Crippen molar-refractivity contribution in [2.75, 3.05) is 31.6 Å². The number of hydrogen-bond acceptors (Lipinski definition) is 4. The van der Waals surface area contributed by atoms with Gasteiger partial charge in [-0.15, -0.1) is 0 Å². The van der Waals surface area contributed by atoms with E-state index in [9.17, 15) is 4.79 Å². The van der Waals surface area contributed by atoms with Crippen LogP contribution < -0.4 is 4.90 Å². The largest absolute Gasteiger partial charge is 0.478 e. The minimum Gasteiger partial charge on any atom is -0.478 e. The molecule has 0 amide bonds. The Kier molecular flexibility index (Phi) is 4.83. The third-order valence-corrected chi connectivity index (χ3v) is 4.10. The second-order valence-corrected chi connectivity index (χ2v) is 5.55. The van der Waals surface area contributed by atoms with Crippen molar-refractivity contribution in [1.82, 2.24) is 9.88 Å². The third kappa shape index (κ3) is 3.22. The number of carboxylic acids is 1. The van der Waals surface area contributed by atoms with Crippen molar-refractivity contribution in [3.05, 3.63) is 22.8 Å². The minimum absolute atomic E-state index is 0.114. The Morgan fingerprint density at radius 1 is 1.65 bits per heavy atom. The number of carboxylic acid groups (broad SMARTS) is 1. The van der Waals surface area contributed by atoms with Crippen molar-refractivity contribution in [3.63, 3.8) is 0 Å². The molecule has 0 spiro atoms. The smallest absolute Gasteiger partial charge is 0.337 e. The van der Waals surface area contributed by atoms with Gasteiger partial charge in [-0.05, 0) is 32.0 Å². The molecule has 1 fully saturated rings. The summed E-state index contributed by atoms with van der Waals surface area (Å²) in [6.45, 7) is 5.23. The summed E-state index contributed by atoms with van der Waals surface area (Å²) in [6.07, 6.45) is 3.76. The van der Waals surface area contributed by atoms with Crippen molar-refractivity contribution < 1.29 is 9.90 Å². The Hall–Kier alpha value is -1.33. The molecule has 1 unspecified atom stereocenters. The van der Waals surface area contributed by atoms with Crippen molar-refractivity contribution >= 4 is 23.4 Å². The lowest BCUT2D eigenvalue weighted by Crippen LogP contribution is -2.39. The molecule has 1 N–H and O–H groups in total. The van der Waals surface area contributed by atoms with Crippen molar-refractivity contribution in [1.29, 1.82) is 0 Å². The molecular weight excluding hydrogens is 278 g/mol. The molecule has 1 aliphatic rings. The Morgan fingerprint density at radius 2 is 2.40 bits per heavy atom. The first-order chi connectivity index (χ1) is 9.52. The zero-order valence-corrected chi connectivity index (χ0v) is 12.6. The molecule has 110 valence electrons. The van der Waals surface area contributed by atoms with Gasteiger partial charge in [-0.2, -0.15) is 0 Å². The van der Waals surface area contributed by atoms with Crippen LogP contribution in [0.15, 0.2) is 12.3 Å². The Morgan fingerprint density at radius 3 is 3.00 bits per heavy atom. The molecule has 0 aromatic carbocycles. The number of nitrogens with zero attached hydrogens (tertiary/aromatic N) is 3. The van der Waals surface area contributed by atoms with E-state index < -0.39 is 5.97 Å². The van der Waals surface area contributed by atoms with Crippen LogP contribution in [-0.4, -0.2) is 53.7 Å². The summed E-state index contributed by atoms with van der Waals surface area (Å²) in [7, 11) is 1.95. The maximum atomic E-state index is 10.9. The van der Waals surface area contributed by atoms with E-state index in [-0.39, 0.29) is 5.56 Å². The molecule has 1 aliphatic heterocycles. The molecule has 0 radical (unpaired) electrons. The van der Waals surface area contributed by atoms with Gasteiger partial charge in [0, 0.05) is 25.8 Å². The van der Waals surface area contributed by atoms with Gasteiger partial charge in [0.25, 0.3) is 0 Å². The summed E-state index contributed by atoms with van der Waals surface area (Å²) < 4.78 is 0. The molecule has 1 saturated heterocycles. The van der Waals surface area contributed by atoms with Gasteiger partial charge < -0.3 is 10.0 Å². The van der Waals surface area contributed by atoms with E-state index in [0.717, 1.165) is 19.6 Å². The number of anilines is 1. The summed E-state index contributed by atoms with van der Waals surface area (Å²) in [5.41, 5.74) is 0.114. The van der Waals surface area contributed by atoms with Gasteiger partial charge in [-0.1, -0.05) is 18.5 Å². The van der Waals surface area contributed by atoms with Gasteiger partial charge in [-0.25, -0.2) is 9.78 Å². The zero-order valence-electron chi connectivity index (χ0n) is 11.8. The predicted octanol–water partition coefficient (Wildman–Crippen LogP) is 2.35. The van der Waals surface area contributed by atoms with Crippen LogP contribution in [0.1, 0.15) is 30.1 Å². The maximum Gasteiger partial charge on any atom is 0.337 e. The molecule has 20 heavy (non-hydrogen) atoms. The normalized spacial score (nSPS) is 19.2. The van der Waals surface area contributed by atoms with Gasteiger partial charge in [-0.3, -0.25) is 4.90 Å². The number of hydrogen-bond donors (Lipinski definition) is 1. The number of pyridine rings is 1. The van der Waals surface area contributed by atoms with Crippen LogP contribution in [0, 0.1) is 0 Å². The number of halogens is 1. The molecule has 1 atom stereocenters. The van der Waals surface area contributed by atoms with Crippen molar-refractivity contribution in [2.45, 2.75) is 25.8 Å². The first-order valence-corrected chi connectivity index (χ1v) is 7.24. The highest BCUT2D eigenvalue weighted by Crippen LogP contribution is 2.25. The molecule has 2 rings (SSSR count). The van der Waals surface area contributed by atoms with Gasteiger partial charge >= 0.3 is 5.97 Å². The fourth-order valence-electron chi connectivity index (χ4n) is 2.75. The van der Waals surface area contributed by atoms with Gasteiger partial charge in [0.05, 0.1) is 10.6 Å². The van der Waals surface area contributed by atoms with E-state index in [4.69, 9.17) is 16.7 Å². The van der Waals surface area contributed by atoms with Crippen LogP contribution in [-0.2, 0) is 0 Å². The van der Waals surface area contributed by atoms with Crippen molar-refractivity contribution in [2.24, 2.45) is 0 Å². The van der Waals surface area contributed by atoms with Crippen LogP contribution >= 0.6 is 11.6 Å². The van der Waals surface area contributed by atoms with Crippen LogP contribution in [0.4, 0.5) is 5.82 Å². The molecule has 0 aliphatic carbocycles. The monoisotopic (exact) mass is 297 g/mol. The number of aromatic nitrogens is 1. The SMILES string of the molecule is CCN1CCCC1CN(C)c1ncc(C(=O)O)cc1Cl. The molecule has 6 heteroatoms.